The van der Waals surface area contributed by atoms with Gasteiger partial charge in [-0.15, -0.1) is 12.3 Å². The fourth-order valence-corrected chi connectivity index (χ4v) is 10.9. The molecule has 50 nitrogen and oxygen atoms in total. The summed E-state index contributed by atoms with van der Waals surface area (Å²) in [6.07, 6.45) is -30.1. The Balaban J connectivity index is -0.000000121. The first-order chi connectivity index (χ1) is 41.7. The van der Waals surface area contributed by atoms with Crippen molar-refractivity contribution in [2.75, 3.05) is 39.6 Å². The van der Waals surface area contributed by atoms with E-state index in [-0.39, 0.29) is 316 Å². The molecule has 0 aliphatic carbocycles. The molecular formula is C38H64N3Na9O47S6. The molecule has 18 N–H and O–H groups in total. The number of ether oxygens (including phenoxy) is 8. The Bertz CT molecular complexity index is 3040. The van der Waals surface area contributed by atoms with Crippen LogP contribution < -0.4 is 296 Å². The Kier molecular flexibility index (Phi) is 75.0. The summed E-state index contributed by atoms with van der Waals surface area (Å²) < 4.78 is 227. The van der Waals surface area contributed by atoms with Gasteiger partial charge in [-0.05, 0) is 6.08 Å². The molecule has 5 saturated heterocycles. The van der Waals surface area contributed by atoms with Crippen molar-refractivity contribution in [3.8, 4) is 0 Å². The Labute approximate surface area is 791 Å². The molecule has 0 spiro atoms. The molecule has 22 unspecified atom stereocenters. The van der Waals surface area contributed by atoms with Crippen LogP contribution in [0.5, 0.6) is 0 Å². The Morgan fingerprint density at radius 2 is 0.893 bits per heavy atom. The van der Waals surface area contributed by atoms with Gasteiger partial charge in [0.2, 0.25) is 37.1 Å². The fraction of sp³-hybridized carbons (Fsp3) is 0.842. The zero-order chi connectivity index (χ0) is 69.5. The number of amides is 1. The second-order valence-corrected chi connectivity index (χ2v) is 24.9. The number of aliphatic hydroxyl groups excluding tert-OH is 9. The first-order valence-corrected chi connectivity index (χ1v) is 32.3. The Morgan fingerprint density at radius 3 is 1.22 bits per heavy atom. The van der Waals surface area contributed by atoms with Gasteiger partial charge in [-0.25, -0.2) is 51.5 Å². The van der Waals surface area contributed by atoms with Crippen LogP contribution in [0.4, 0.5) is 0 Å². The normalized spacial score (nSPS) is 31.6. The van der Waals surface area contributed by atoms with Crippen LogP contribution in [-0.2, 0) is 126 Å². The van der Waals surface area contributed by atoms with E-state index in [1.54, 1.807) is 0 Å². The van der Waals surface area contributed by atoms with E-state index < -0.39 is 255 Å². The van der Waals surface area contributed by atoms with E-state index >= 15 is 0 Å². The molecule has 0 bridgehead atoms. The van der Waals surface area contributed by atoms with E-state index in [1.807, 2.05) is 0 Å². The summed E-state index contributed by atoms with van der Waals surface area (Å²) in [5.74, 6) is -6.36. The van der Waals surface area contributed by atoms with Gasteiger partial charge in [-0.2, -0.15) is 0 Å². The van der Waals surface area contributed by atoms with Crippen LogP contribution in [0.1, 0.15) is 27.6 Å². The van der Waals surface area contributed by atoms with Crippen molar-refractivity contribution in [2.24, 2.45) is 0 Å². The number of aliphatic carboxylic acids is 3. The van der Waals surface area contributed by atoms with Gasteiger partial charge in [0.25, 0.3) is 0 Å². The molecule has 5 fully saturated rings. The van der Waals surface area contributed by atoms with Gasteiger partial charge >= 0.3 is 266 Å². The maximum atomic E-state index is 11.4. The minimum atomic E-state index is -5.21. The quantitative estimate of drug-likeness (QED) is 0.0196. The molecule has 0 saturated carbocycles. The summed E-state index contributed by atoms with van der Waals surface area (Å²) in [6, 6.07) is -4.55. The van der Waals surface area contributed by atoms with E-state index in [1.165, 1.54) is 16.4 Å². The average molecular weight is 1720 g/mol. The molecule has 0 radical (unpaired) electrons. The number of carbonyl (C=O) groups is 4. The van der Waals surface area contributed by atoms with Gasteiger partial charge in [0.05, 0.1) is 93.7 Å². The molecule has 103 heavy (non-hydrogen) atoms. The molecule has 6 aliphatic rings. The van der Waals surface area contributed by atoms with E-state index in [4.69, 9.17) is 33.2 Å². The molecule has 6 rings (SSSR count). The number of aliphatic hydroxyl groups is 9. The number of hydrogen-bond donors (Lipinski definition) is 12. The van der Waals surface area contributed by atoms with E-state index in [9.17, 15) is 150 Å². The summed E-state index contributed by atoms with van der Waals surface area (Å²) in [4.78, 5) is 44.2. The van der Waals surface area contributed by atoms with Crippen molar-refractivity contribution >= 4 is 87.9 Å². The molecule has 6 aliphatic heterocycles. The predicted molar refractivity (Wildman–Crippen MR) is 272 cm³/mol. The maximum Gasteiger partial charge on any atom is 1.00 e. The molecule has 1 amide bonds. The van der Waals surface area contributed by atoms with Crippen molar-refractivity contribution in [1.29, 1.82) is 0 Å². The summed E-state index contributed by atoms with van der Waals surface area (Å²) >= 11 is -0.151. The van der Waals surface area contributed by atoms with Crippen LogP contribution in [0.25, 0.3) is 0 Å². The Hall–Kier alpha value is 5.28. The number of carboxylic acid groups (broad SMARTS) is 3. The maximum absolute atomic E-state index is 11.4. The Morgan fingerprint density at radius 1 is 0.534 bits per heavy atom. The summed E-state index contributed by atoms with van der Waals surface area (Å²) in [5, 5.41) is 123. The van der Waals surface area contributed by atoms with E-state index in [0.29, 0.717) is 6.08 Å². The predicted octanol–water partition coefficient (Wildman–Crippen LogP) is -46.4. The smallest absolute Gasteiger partial charge is 0.776 e. The number of rotatable bonds is 23. The molecule has 6 heterocycles. The number of hydrogen-bond acceptors (Lipinski definition) is 45. The molecule has 0 aromatic rings. The van der Waals surface area contributed by atoms with Crippen molar-refractivity contribution in [2.45, 2.75) is 161 Å². The van der Waals surface area contributed by atoms with Crippen molar-refractivity contribution < 1.29 is 488 Å². The minimum absolute atomic E-state index is 0. The number of carboxylic acids is 3. The third-order valence-corrected chi connectivity index (χ3v) is 14.9. The van der Waals surface area contributed by atoms with E-state index in [2.05, 4.69) is 26.8 Å². The number of nitrogens with one attached hydrogen (secondary N) is 3. The monoisotopic (exact) mass is 1710 g/mol. The molecule has 0 aromatic carbocycles. The fourth-order valence-electron chi connectivity index (χ4n) is 8.33. The first kappa shape index (κ1) is 129. The second kappa shape index (κ2) is 59.9. The van der Waals surface area contributed by atoms with Crippen LogP contribution in [0, 0.1) is 0 Å². The SMILES string of the molecule is CC(=O)NC1C(O)CC(COS[O-])OC1OC1C(C(=O)[O-])OCC(O)C1O.O.O.O.O=C([O-])C1=CC(O)C(OS(=O)(=O)[O-])CO1.O=C([O-])C1OCC(O)C(O)C1OC1OC(COS(=O)(=O)[O-])CC(O)C1NS(=O)(=O)[O-].O=S(=O)([O-])NC1C(O)CC(COS(=O)(=O)[O-])OC1O.[2HH].[Na+].[Na+].[Na+].[Na+].[Na+].[Na+].[Na+].[Na+].[Na+]. The topological polar surface area (TPSA) is 870 Å². The van der Waals surface area contributed by atoms with Gasteiger partial charge in [-0.3, -0.25) is 17.3 Å². The third-order valence-electron chi connectivity index (χ3n) is 12.2. The minimum Gasteiger partial charge on any atom is -0.776 e. The summed E-state index contributed by atoms with van der Waals surface area (Å²) in [7, 11) is -25.2. The van der Waals surface area contributed by atoms with Crippen LogP contribution in [0.2, 0.25) is 0 Å². The molecule has 65 heteroatoms. The summed E-state index contributed by atoms with van der Waals surface area (Å²) in [6.45, 7) is -2.31. The van der Waals surface area contributed by atoms with Crippen molar-refractivity contribution in [3.63, 3.8) is 0 Å². The average Bonchev–Trinajstić information content (AvgIpc) is 0.786. The molecule has 558 valence electrons. The van der Waals surface area contributed by atoms with Crippen molar-refractivity contribution in [1.82, 2.24) is 14.8 Å². The van der Waals surface area contributed by atoms with Gasteiger partial charge in [0.1, 0.15) is 85.4 Å². The van der Waals surface area contributed by atoms with Crippen LogP contribution in [0.15, 0.2) is 11.8 Å². The van der Waals surface area contributed by atoms with Gasteiger partial charge < -0.3 is 167 Å². The zero-order valence-electron chi connectivity index (χ0n) is 55.9. The molecular weight excluding hydrogens is 1650 g/mol. The van der Waals surface area contributed by atoms with Gasteiger partial charge in [-0.1, -0.05) is 0 Å². The first-order valence-electron chi connectivity index (χ1n) is 24.8. The van der Waals surface area contributed by atoms with Crippen molar-refractivity contribution in [3.05, 3.63) is 11.8 Å². The summed E-state index contributed by atoms with van der Waals surface area (Å²) in [5.41, 5.74) is 0. The second-order valence-electron chi connectivity index (χ2n) is 19.1. The van der Waals surface area contributed by atoms with E-state index in [0.717, 1.165) is 0 Å². The van der Waals surface area contributed by atoms with Gasteiger partial charge in [0, 0.05) is 27.6 Å². The van der Waals surface area contributed by atoms with Crippen LogP contribution >= 0.6 is 12.3 Å². The molecule has 22 atom stereocenters. The zero-order valence-corrected chi connectivity index (χ0v) is 78.8. The number of carbonyl (C=O) groups excluding carboxylic acids is 4. The standard InChI is InChI=1S/C14H23NO11S.C12H21NO15S2.C6H13NO10S2.C6H8O8S.9Na.3H2O.H2/c1-5(16)15-9-7(17)2-6(3-24-27-22)25-14(9)26-11-10(19)8(18)4-23-12(11)13(20)21;14-5-1-4(2-26-30(22,23)24)27-12(7(5)13-29(19,20)21)28-9-8(16)6(15)3-25-10(9)11(17)18;8-4-1-3(2-16-19(13,14)15)17-6(9)5(4)7-18(10,11)12;7-3-1-4(6(8)9)13-2-5(3)14-15(10,11)12;;;;;;;;;;;;;/h6-12,14,17-19,22H,2-4H2,1H3,(H,15,16)(H,20,21);4-10,12-16H,1-3H2,(H,17,18)(H,19,20,21)(H,22,23,24);3-9H,1-2H2,(H,10,11,12)(H,13,14,15);1,3,5,7H,2H2,(H,8,9)(H,10,11,12);;;;;;;;;;3*1H2;1H/q;;;;9*+1;;;;/p-9/i;;;;;;;;;;;;;;;;1+1. The largest absolute Gasteiger partial charge is 1.00 e. The molecule has 0 aromatic heterocycles. The third kappa shape index (κ3) is 49.3. The van der Waals surface area contributed by atoms with Crippen LogP contribution in [0.3, 0.4) is 0 Å². The van der Waals surface area contributed by atoms with Crippen LogP contribution in [-0.4, -0.2) is 330 Å². The van der Waals surface area contributed by atoms with Gasteiger partial charge in [0.15, 0.2) is 39.5 Å².